The molecule has 1 unspecified atom stereocenters. The molecule has 5 rings (SSSR count). The Morgan fingerprint density at radius 3 is 2.50 bits per heavy atom. The molecule has 0 aromatic carbocycles. The first-order valence-electron chi connectivity index (χ1n) is 12.0. The van der Waals surface area contributed by atoms with Crippen LogP contribution in [-0.4, -0.2) is 37.2 Å². The van der Waals surface area contributed by atoms with Crippen LogP contribution in [0.1, 0.15) is 79.1 Å². The van der Waals surface area contributed by atoms with Crippen molar-refractivity contribution in [3.63, 3.8) is 0 Å². The first-order valence-corrected chi connectivity index (χ1v) is 14.9. The van der Waals surface area contributed by atoms with Gasteiger partial charge in [-0.1, -0.05) is 27.7 Å². The van der Waals surface area contributed by atoms with Crippen LogP contribution in [0.4, 0.5) is 0 Å². The van der Waals surface area contributed by atoms with E-state index in [9.17, 15) is 9.59 Å². The molecule has 0 N–H and O–H groups in total. The fourth-order valence-corrected chi connectivity index (χ4v) is 8.84. The van der Waals surface area contributed by atoms with Crippen LogP contribution in [0.25, 0.3) is 0 Å². The van der Waals surface area contributed by atoms with E-state index in [0.717, 1.165) is 38.5 Å². The lowest BCUT2D eigenvalue weighted by molar-refractivity contribution is -0.213. The van der Waals surface area contributed by atoms with Gasteiger partial charge in [-0.05, 0) is 80.5 Å². The Bertz CT molecular complexity index is 839. The van der Waals surface area contributed by atoms with Crippen molar-refractivity contribution in [3.8, 4) is 0 Å². The van der Waals surface area contributed by atoms with Crippen molar-refractivity contribution in [1.82, 2.24) is 0 Å². The molecule has 2 spiro atoms. The fraction of sp³-hybridized carbons (Fsp3) is 0.840. The van der Waals surface area contributed by atoms with Gasteiger partial charge in [0, 0.05) is 12.0 Å². The van der Waals surface area contributed by atoms with Crippen molar-refractivity contribution >= 4 is 19.9 Å². The van der Waals surface area contributed by atoms with E-state index in [1.165, 1.54) is 0 Å². The third-order valence-electron chi connectivity index (χ3n) is 10.1. The molecule has 2 aliphatic heterocycles. The van der Waals surface area contributed by atoms with Crippen LogP contribution >= 0.6 is 0 Å². The van der Waals surface area contributed by atoms with Gasteiger partial charge in [0.05, 0.1) is 23.2 Å². The van der Waals surface area contributed by atoms with Gasteiger partial charge in [-0.25, -0.2) is 0 Å². The molecule has 5 aliphatic rings. The predicted octanol–water partition coefficient (Wildman–Crippen LogP) is 5.36. The van der Waals surface area contributed by atoms with Crippen molar-refractivity contribution < 1.29 is 18.8 Å². The van der Waals surface area contributed by atoms with Crippen LogP contribution in [0.2, 0.25) is 18.1 Å². The Balaban J connectivity index is 1.49. The molecule has 2 saturated heterocycles. The number of carbonyl (C=O) groups excluding carboxylic acids is 2. The summed E-state index contributed by atoms with van der Waals surface area (Å²) < 4.78 is 14.0. The molecule has 166 valence electrons. The molecule has 4 nitrogen and oxygen atoms in total. The number of rotatable bonds is 2. The Morgan fingerprint density at radius 1 is 1.07 bits per heavy atom. The molecule has 2 heterocycles. The third-order valence-corrected chi connectivity index (χ3v) is 14.6. The molecule has 4 fully saturated rings. The predicted molar refractivity (Wildman–Crippen MR) is 119 cm³/mol. The molecular formula is C25H38O4Si. The molecule has 3 aliphatic carbocycles. The number of fused-ring (bicyclic) bond motifs is 1. The molecule has 6 atom stereocenters. The quantitative estimate of drug-likeness (QED) is 0.553. The smallest absolute Gasteiger partial charge is 0.192 e. The number of allylic oxidation sites excluding steroid dienone is 1. The highest BCUT2D eigenvalue weighted by molar-refractivity contribution is 6.74. The summed E-state index contributed by atoms with van der Waals surface area (Å²) in [4.78, 5) is 25.7. The Morgan fingerprint density at radius 2 is 1.80 bits per heavy atom. The maximum atomic E-state index is 13.6. The zero-order chi connectivity index (χ0) is 21.7. The van der Waals surface area contributed by atoms with Gasteiger partial charge in [0.2, 0.25) is 0 Å². The molecule has 0 aromatic rings. The van der Waals surface area contributed by atoms with Gasteiger partial charge in [-0.3, -0.25) is 9.59 Å². The van der Waals surface area contributed by atoms with Crippen molar-refractivity contribution in [3.05, 3.63) is 11.6 Å². The van der Waals surface area contributed by atoms with Crippen molar-refractivity contribution in [2.24, 2.45) is 17.3 Å². The summed E-state index contributed by atoms with van der Waals surface area (Å²) >= 11 is 0. The van der Waals surface area contributed by atoms with E-state index < -0.39 is 13.9 Å². The van der Waals surface area contributed by atoms with Crippen LogP contribution in [-0.2, 0) is 18.8 Å². The molecule has 0 amide bonds. The zero-order valence-electron chi connectivity index (χ0n) is 19.6. The van der Waals surface area contributed by atoms with Crippen molar-refractivity contribution in [2.75, 3.05) is 0 Å². The van der Waals surface area contributed by atoms with Gasteiger partial charge in [-0.15, -0.1) is 0 Å². The zero-order valence-corrected chi connectivity index (χ0v) is 20.6. The highest BCUT2D eigenvalue weighted by Crippen LogP contribution is 2.68. The highest BCUT2D eigenvalue weighted by atomic mass is 28.4. The molecule has 5 heteroatoms. The average Bonchev–Trinajstić information content (AvgIpc) is 3.14. The van der Waals surface area contributed by atoms with E-state index >= 15 is 0 Å². The summed E-state index contributed by atoms with van der Waals surface area (Å²) in [6, 6.07) is 0. The van der Waals surface area contributed by atoms with Gasteiger partial charge < -0.3 is 9.16 Å². The maximum absolute atomic E-state index is 13.6. The standard InChI is InChI=1S/C25H38O4Si/c1-22(2,3)30(5,6)28-20-8-7-19-23(20,4)11-10-17-21(27)18-15-16(26)9-12-24(18)13-14-25(17,19)29-24/h15,17,19-20H,7-14H2,1-6H3/t17?,19-,20+,23+,24+,25-/m1/s1. The second-order valence-electron chi connectivity index (χ2n) is 12.5. The van der Waals surface area contributed by atoms with Crippen molar-refractivity contribution in [1.29, 1.82) is 0 Å². The van der Waals surface area contributed by atoms with E-state index in [-0.39, 0.29) is 39.6 Å². The maximum Gasteiger partial charge on any atom is 0.192 e. The molecule has 0 aromatic heterocycles. The highest BCUT2D eigenvalue weighted by Gasteiger charge is 2.72. The van der Waals surface area contributed by atoms with Gasteiger partial charge in [0.25, 0.3) is 0 Å². The fourth-order valence-electron chi connectivity index (χ4n) is 7.39. The first kappa shape index (κ1) is 21.1. The van der Waals surface area contributed by atoms with Gasteiger partial charge in [-0.2, -0.15) is 0 Å². The molecule has 2 saturated carbocycles. The van der Waals surface area contributed by atoms with Crippen molar-refractivity contribution in [2.45, 2.75) is 114 Å². The average molecular weight is 431 g/mol. The minimum Gasteiger partial charge on any atom is -0.413 e. The van der Waals surface area contributed by atoms with E-state index in [1.54, 1.807) is 6.08 Å². The Hall–Kier alpha value is -0.783. The minimum atomic E-state index is -1.87. The summed E-state index contributed by atoms with van der Waals surface area (Å²) in [7, 11) is -1.87. The summed E-state index contributed by atoms with van der Waals surface area (Å²) in [5.41, 5.74) is -0.0535. The monoisotopic (exact) mass is 430 g/mol. The van der Waals surface area contributed by atoms with Crippen LogP contribution in [0.3, 0.4) is 0 Å². The van der Waals surface area contributed by atoms with E-state index in [0.29, 0.717) is 24.3 Å². The first-order chi connectivity index (χ1) is 13.8. The number of Topliss-reactive ketones (excluding diaryl/α,β-unsaturated/α-hetero) is 1. The number of carbonyl (C=O) groups is 2. The van der Waals surface area contributed by atoms with Gasteiger partial charge in [0.1, 0.15) is 0 Å². The van der Waals surface area contributed by atoms with Gasteiger partial charge in [0.15, 0.2) is 19.9 Å². The van der Waals surface area contributed by atoms with Crippen LogP contribution < -0.4 is 0 Å². The Kier molecular flexibility index (Phi) is 4.33. The largest absolute Gasteiger partial charge is 0.413 e. The molecular weight excluding hydrogens is 392 g/mol. The molecule has 2 bridgehead atoms. The number of hydrogen-bond donors (Lipinski definition) is 0. The van der Waals surface area contributed by atoms with E-state index in [4.69, 9.17) is 9.16 Å². The number of ether oxygens (including phenoxy) is 1. The second kappa shape index (κ2) is 6.17. The topological polar surface area (TPSA) is 52.6 Å². The summed E-state index contributed by atoms with van der Waals surface area (Å²) in [5, 5.41) is 0.194. The number of hydrogen-bond acceptors (Lipinski definition) is 4. The lowest BCUT2D eigenvalue weighted by atomic mass is 9.55. The van der Waals surface area contributed by atoms with Crippen LogP contribution in [0.5, 0.6) is 0 Å². The number of ketones is 2. The lowest BCUT2D eigenvalue weighted by Gasteiger charge is -2.58. The normalized spacial score (nSPS) is 45.7. The summed E-state index contributed by atoms with van der Waals surface area (Å²) in [6.45, 7) is 14.1. The molecule has 30 heavy (non-hydrogen) atoms. The third kappa shape index (κ3) is 2.58. The lowest BCUT2D eigenvalue weighted by Crippen LogP contribution is -2.63. The van der Waals surface area contributed by atoms with Crippen LogP contribution in [0, 0.1) is 17.3 Å². The summed E-state index contributed by atoms with van der Waals surface area (Å²) in [6.07, 6.45) is 9.00. The van der Waals surface area contributed by atoms with E-state index in [1.807, 2.05) is 0 Å². The van der Waals surface area contributed by atoms with E-state index in [2.05, 4.69) is 40.8 Å². The van der Waals surface area contributed by atoms with Gasteiger partial charge >= 0.3 is 0 Å². The summed E-state index contributed by atoms with van der Waals surface area (Å²) in [5.74, 6) is 0.620. The molecule has 0 radical (unpaired) electrons. The minimum absolute atomic E-state index is 0.0730. The SMILES string of the molecule is CC(C)(C)[Si](C)(C)O[C@H]1CC[C@@H]2[C@]1(C)CCC1C(=O)C3=CC(=O)CC[C@]34CC[C@@]12O4. The second-order valence-corrected chi connectivity index (χ2v) is 17.3. The Labute approximate surface area is 182 Å². The van der Waals surface area contributed by atoms with Crippen LogP contribution in [0.15, 0.2) is 11.6 Å².